The molecule has 0 heterocycles. The van der Waals surface area contributed by atoms with E-state index in [0.29, 0.717) is 6.42 Å². The fraction of sp³-hybridized carbons (Fsp3) is 0.800. The molecule has 3 amide bonds. The lowest BCUT2D eigenvalue weighted by Crippen LogP contribution is -2.62. The highest BCUT2D eigenvalue weighted by Crippen LogP contribution is 2.46. The van der Waals surface area contributed by atoms with Gasteiger partial charge in [0.1, 0.15) is 11.2 Å². The Morgan fingerprint density at radius 1 is 0.944 bits per heavy atom. The number of nitrogens with zero attached hydrogens (tertiary/aromatic N) is 1. The van der Waals surface area contributed by atoms with Crippen LogP contribution in [0.25, 0.3) is 0 Å². The Labute approximate surface area is 214 Å². The monoisotopic (exact) mass is 512 g/mol. The van der Waals surface area contributed by atoms with Gasteiger partial charge in [0.25, 0.3) is 0 Å². The van der Waals surface area contributed by atoms with Crippen molar-refractivity contribution in [2.45, 2.75) is 117 Å². The van der Waals surface area contributed by atoms with E-state index in [2.05, 4.69) is 34.8 Å². The number of aliphatic carboxylic acids is 1. The molecule has 1 aliphatic carbocycles. The van der Waals surface area contributed by atoms with Crippen LogP contribution in [0, 0.1) is 11.8 Å². The number of nitrogens with one attached hydrogen (secondary N) is 3. The number of aliphatic imine (C=N–C) groups is 1. The molecule has 1 rings (SSSR count). The molecule has 1 saturated carbocycles. The van der Waals surface area contributed by atoms with Crippen molar-refractivity contribution in [1.82, 2.24) is 16.0 Å². The van der Waals surface area contributed by atoms with E-state index in [4.69, 9.17) is 9.47 Å². The third-order valence-corrected chi connectivity index (χ3v) is 5.87. The van der Waals surface area contributed by atoms with Crippen LogP contribution in [-0.2, 0) is 19.1 Å². The second-order valence-corrected chi connectivity index (χ2v) is 11.4. The highest BCUT2D eigenvalue weighted by Gasteiger charge is 2.53. The van der Waals surface area contributed by atoms with Gasteiger partial charge in [0.05, 0.1) is 17.5 Å². The molecular formula is C25H44N4O7. The number of alkyl carbamates (subject to hydrolysis) is 2. The molecule has 0 spiro atoms. The normalized spacial score (nSPS) is 20.4. The maximum absolute atomic E-state index is 12.5. The van der Waals surface area contributed by atoms with E-state index in [0.717, 1.165) is 12.8 Å². The third-order valence-electron chi connectivity index (χ3n) is 5.87. The number of rotatable bonds is 8. The average molecular weight is 513 g/mol. The Morgan fingerprint density at radius 2 is 1.39 bits per heavy atom. The van der Waals surface area contributed by atoms with Crippen LogP contribution in [0.3, 0.4) is 0 Å². The van der Waals surface area contributed by atoms with E-state index in [1.54, 1.807) is 41.5 Å². The van der Waals surface area contributed by atoms with Crippen LogP contribution in [0.15, 0.2) is 4.99 Å². The standard InChI is InChI=1S/C25H44N4O7/c1-10-16(11-2)12-18(26-15(3)30)25(13-17(14-25)19(31)32)29-20(27-21(33)35-23(4,5)6)28-22(34)36-24(7,8)9/h16-18H,10-14H2,1-9H3,(H,26,30)(H,31,32)(H2,27,28,29,33,34). The second kappa shape index (κ2) is 12.4. The van der Waals surface area contributed by atoms with Gasteiger partial charge in [0.2, 0.25) is 11.9 Å². The quantitative estimate of drug-likeness (QED) is 0.283. The van der Waals surface area contributed by atoms with Crippen LogP contribution in [0.5, 0.6) is 0 Å². The molecule has 11 heteroatoms. The van der Waals surface area contributed by atoms with Crippen molar-refractivity contribution in [3.63, 3.8) is 0 Å². The van der Waals surface area contributed by atoms with Crippen LogP contribution in [0.2, 0.25) is 0 Å². The Hall–Kier alpha value is -2.85. The summed E-state index contributed by atoms with van der Waals surface area (Å²) >= 11 is 0. The van der Waals surface area contributed by atoms with Crippen LogP contribution in [0.1, 0.15) is 94.4 Å². The summed E-state index contributed by atoms with van der Waals surface area (Å²) in [6.45, 7) is 15.6. The molecular weight excluding hydrogens is 468 g/mol. The summed E-state index contributed by atoms with van der Waals surface area (Å²) in [6, 6.07) is -0.508. The Morgan fingerprint density at radius 3 is 1.72 bits per heavy atom. The Balaban J connectivity index is 3.48. The molecule has 1 fully saturated rings. The smallest absolute Gasteiger partial charge is 0.414 e. The van der Waals surface area contributed by atoms with Crippen molar-refractivity contribution < 1.29 is 33.8 Å². The molecule has 36 heavy (non-hydrogen) atoms. The molecule has 0 aliphatic heterocycles. The number of guanidine groups is 1. The summed E-state index contributed by atoms with van der Waals surface area (Å²) < 4.78 is 10.6. The highest BCUT2D eigenvalue weighted by atomic mass is 16.6. The number of carboxylic acid groups (broad SMARTS) is 1. The average Bonchev–Trinajstić information content (AvgIpc) is 2.63. The van der Waals surface area contributed by atoms with Gasteiger partial charge in [0.15, 0.2) is 0 Å². The predicted octanol–water partition coefficient (Wildman–Crippen LogP) is 3.96. The number of ether oxygens (including phenoxy) is 2. The molecule has 0 bridgehead atoms. The van der Waals surface area contributed by atoms with Crippen molar-refractivity contribution in [2.75, 3.05) is 0 Å². The summed E-state index contributed by atoms with van der Waals surface area (Å²) in [4.78, 5) is 53.6. The van der Waals surface area contributed by atoms with Gasteiger partial charge in [-0.25, -0.2) is 14.6 Å². The summed E-state index contributed by atoms with van der Waals surface area (Å²) in [5.74, 6) is -1.88. The fourth-order valence-electron chi connectivity index (χ4n) is 4.15. The summed E-state index contributed by atoms with van der Waals surface area (Å²) in [6.07, 6.45) is 0.859. The minimum absolute atomic E-state index is 0.128. The minimum Gasteiger partial charge on any atom is -0.481 e. The van der Waals surface area contributed by atoms with Gasteiger partial charge in [-0.2, -0.15) is 0 Å². The molecule has 1 aliphatic rings. The van der Waals surface area contributed by atoms with Gasteiger partial charge in [-0.3, -0.25) is 20.2 Å². The van der Waals surface area contributed by atoms with Gasteiger partial charge < -0.3 is 19.9 Å². The zero-order valence-corrected chi connectivity index (χ0v) is 23.1. The molecule has 11 nitrogen and oxygen atoms in total. The molecule has 1 atom stereocenters. The zero-order chi connectivity index (χ0) is 27.9. The van der Waals surface area contributed by atoms with Gasteiger partial charge in [-0.15, -0.1) is 0 Å². The van der Waals surface area contributed by atoms with Crippen LogP contribution in [-0.4, -0.2) is 57.9 Å². The number of hydrogen-bond acceptors (Lipinski definition) is 7. The van der Waals surface area contributed by atoms with E-state index in [-0.39, 0.29) is 30.6 Å². The van der Waals surface area contributed by atoms with E-state index in [1.807, 2.05) is 0 Å². The van der Waals surface area contributed by atoms with Gasteiger partial charge >= 0.3 is 18.2 Å². The van der Waals surface area contributed by atoms with E-state index in [1.165, 1.54) is 6.92 Å². The van der Waals surface area contributed by atoms with Crippen molar-refractivity contribution >= 4 is 30.0 Å². The lowest BCUT2D eigenvalue weighted by Gasteiger charge is -2.49. The number of carbonyl (C=O) groups is 4. The topological polar surface area (TPSA) is 155 Å². The molecule has 0 aromatic rings. The Kier molecular flexibility index (Phi) is 10.7. The first-order valence-corrected chi connectivity index (χ1v) is 12.5. The van der Waals surface area contributed by atoms with Crippen molar-refractivity contribution in [3.8, 4) is 0 Å². The summed E-state index contributed by atoms with van der Waals surface area (Å²) in [7, 11) is 0. The maximum Gasteiger partial charge on any atom is 0.414 e. The summed E-state index contributed by atoms with van der Waals surface area (Å²) in [5.41, 5.74) is -2.67. The summed E-state index contributed by atoms with van der Waals surface area (Å²) in [5, 5.41) is 17.4. The lowest BCUT2D eigenvalue weighted by molar-refractivity contribution is -0.147. The second-order valence-electron chi connectivity index (χ2n) is 11.4. The number of carbonyl (C=O) groups excluding carboxylic acids is 3. The van der Waals surface area contributed by atoms with Gasteiger partial charge in [-0.05, 0) is 66.7 Å². The number of amides is 3. The van der Waals surface area contributed by atoms with E-state index < -0.39 is 46.9 Å². The highest BCUT2D eigenvalue weighted by molar-refractivity contribution is 6.01. The van der Waals surface area contributed by atoms with E-state index >= 15 is 0 Å². The van der Waals surface area contributed by atoms with Crippen molar-refractivity contribution in [1.29, 1.82) is 0 Å². The molecule has 0 aromatic carbocycles. The molecule has 0 radical (unpaired) electrons. The maximum atomic E-state index is 12.5. The first kappa shape index (κ1) is 31.2. The van der Waals surface area contributed by atoms with Crippen LogP contribution >= 0.6 is 0 Å². The SMILES string of the molecule is CCC(CC)CC(NC(C)=O)C1(N=C(NC(=O)OC(C)(C)C)NC(=O)OC(C)(C)C)CC(C(=O)O)C1. The van der Waals surface area contributed by atoms with Crippen molar-refractivity contribution in [2.24, 2.45) is 16.8 Å². The molecule has 206 valence electrons. The third kappa shape index (κ3) is 10.4. The first-order chi connectivity index (χ1) is 16.4. The largest absolute Gasteiger partial charge is 0.481 e. The minimum atomic E-state index is -1.06. The van der Waals surface area contributed by atoms with Crippen molar-refractivity contribution in [3.05, 3.63) is 0 Å². The zero-order valence-electron chi connectivity index (χ0n) is 23.1. The lowest BCUT2D eigenvalue weighted by atomic mass is 9.63. The van der Waals surface area contributed by atoms with E-state index in [9.17, 15) is 24.3 Å². The van der Waals surface area contributed by atoms with Gasteiger partial charge in [-0.1, -0.05) is 26.7 Å². The fourth-order valence-corrected chi connectivity index (χ4v) is 4.15. The number of hydrogen-bond donors (Lipinski definition) is 4. The molecule has 4 N–H and O–H groups in total. The molecule has 1 unspecified atom stereocenters. The Bertz CT molecular complexity index is 800. The van der Waals surface area contributed by atoms with Crippen LogP contribution in [0.4, 0.5) is 9.59 Å². The number of carboxylic acids is 1. The molecule has 0 saturated heterocycles. The first-order valence-electron chi connectivity index (χ1n) is 12.5. The van der Waals surface area contributed by atoms with Crippen LogP contribution < -0.4 is 16.0 Å². The molecule has 0 aromatic heterocycles. The van der Waals surface area contributed by atoms with Gasteiger partial charge in [0, 0.05) is 6.92 Å². The predicted molar refractivity (Wildman–Crippen MR) is 136 cm³/mol.